The lowest BCUT2D eigenvalue weighted by Crippen LogP contribution is -2.40. The quantitative estimate of drug-likeness (QED) is 0.799. The fraction of sp³-hybridized carbons (Fsp3) is 0.833. The van der Waals surface area contributed by atoms with Gasteiger partial charge in [0.15, 0.2) is 0 Å². The third-order valence-electron chi connectivity index (χ3n) is 3.94. The molecule has 3 heterocycles. The van der Waals surface area contributed by atoms with E-state index < -0.39 is 0 Å². The van der Waals surface area contributed by atoms with Gasteiger partial charge in [0.1, 0.15) is 5.82 Å². The van der Waals surface area contributed by atoms with Gasteiger partial charge in [-0.1, -0.05) is 0 Å². The molecule has 6 heteroatoms. The van der Waals surface area contributed by atoms with Crippen LogP contribution in [0.15, 0.2) is 0 Å². The molecule has 2 fully saturated rings. The molecule has 0 aliphatic carbocycles. The normalized spacial score (nSPS) is 27.5. The van der Waals surface area contributed by atoms with Crippen molar-refractivity contribution < 1.29 is 4.74 Å². The summed E-state index contributed by atoms with van der Waals surface area (Å²) < 4.78 is 5.05. The van der Waals surface area contributed by atoms with Crippen LogP contribution < -0.4 is 10.2 Å². The van der Waals surface area contributed by atoms with E-state index in [1.807, 2.05) is 0 Å². The molecule has 0 saturated carbocycles. The van der Waals surface area contributed by atoms with Crippen LogP contribution in [0, 0.1) is 5.92 Å². The Bertz CT molecular complexity index is 380. The molecular formula is C12H21N5O. The largest absolute Gasteiger partial charge is 0.384 e. The Labute approximate surface area is 107 Å². The summed E-state index contributed by atoms with van der Waals surface area (Å²) >= 11 is 0. The minimum atomic E-state index is 0.625. The van der Waals surface area contributed by atoms with Crippen LogP contribution in [0.4, 0.5) is 5.95 Å². The van der Waals surface area contributed by atoms with E-state index in [4.69, 9.17) is 4.74 Å². The van der Waals surface area contributed by atoms with Crippen LogP contribution in [0.5, 0.6) is 0 Å². The number of rotatable bonds is 4. The SMILES string of the molecule is COCCc1nc(N2CC3CCCNC3C2)n[nH]1. The maximum Gasteiger partial charge on any atom is 0.244 e. The van der Waals surface area contributed by atoms with Gasteiger partial charge in [-0.3, -0.25) is 5.10 Å². The molecule has 2 aliphatic rings. The molecule has 2 unspecified atom stereocenters. The van der Waals surface area contributed by atoms with Crippen LogP contribution in [0.2, 0.25) is 0 Å². The van der Waals surface area contributed by atoms with Gasteiger partial charge in [0.25, 0.3) is 0 Å². The molecule has 18 heavy (non-hydrogen) atoms. The Morgan fingerprint density at radius 3 is 3.22 bits per heavy atom. The van der Waals surface area contributed by atoms with Crippen LogP contribution in [-0.2, 0) is 11.2 Å². The lowest BCUT2D eigenvalue weighted by atomic mass is 9.94. The number of piperidine rings is 1. The van der Waals surface area contributed by atoms with Gasteiger partial charge >= 0.3 is 0 Å². The summed E-state index contributed by atoms with van der Waals surface area (Å²) in [5.41, 5.74) is 0. The van der Waals surface area contributed by atoms with E-state index in [9.17, 15) is 0 Å². The van der Waals surface area contributed by atoms with Crippen molar-refractivity contribution in [2.75, 3.05) is 38.3 Å². The summed E-state index contributed by atoms with van der Waals surface area (Å²) in [5.74, 6) is 2.52. The molecule has 0 amide bonds. The van der Waals surface area contributed by atoms with Gasteiger partial charge in [0, 0.05) is 32.7 Å². The molecule has 2 atom stereocenters. The molecule has 0 bridgehead atoms. The van der Waals surface area contributed by atoms with E-state index in [-0.39, 0.29) is 0 Å². The van der Waals surface area contributed by atoms with Gasteiger partial charge < -0.3 is 15.0 Å². The van der Waals surface area contributed by atoms with Crippen molar-refractivity contribution >= 4 is 5.95 Å². The Balaban J connectivity index is 1.63. The van der Waals surface area contributed by atoms with Crippen molar-refractivity contribution in [2.45, 2.75) is 25.3 Å². The first-order valence-electron chi connectivity index (χ1n) is 6.75. The van der Waals surface area contributed by atoms with E-state index in [0.717, 1.165) is 43.7 Å². The zero-order chi connectivity index (χ0) is 12.4. The van der Waals surface area contributed by atoms with E-state index in [2.05, 4.69) is 25.4 Å². The molecule has 2 aliphatic heterocycles. The van der Waals surface area contributed by atoms with Gasteiger partial charge in [-0.15, -0.1) is 5.10 Å². The molecule has 3 rings (SSSR count). The van der Waals surface area contributed by atoms with Gasteiger partial charge in [-0.25, -0.2) is 0 Å². The van der Waals surface area contributed by atoms with E-state index in [0.29, 0.717) is 12.6 Å². The molecule has 0 aromatic carbocycles. The number of methoxy groups -OCH3 is 1. The minimum absolute atomic E-state index is 0.625. The maximum atomic E-state index is 5.05. The molecule has 1 aromatic rings. The fourth-order valence-corrected chi connectivity index (χ4v) is 2.95. The third kappa shape index (κ3) is 2.35. The van der Waals surface area contributed by atoms with E-state index in [1.165, 1.54) is 12.8 Å². The van der Waals surface area contributed by atoms with Crippen molar-refractivity contribution in [1.29, 1.82) is 0 Å². The maximum absolute atomic E-state index is 5.05. The summed E-state index contributed by atoms with van der Waals surface area (Å²) in [6.07, 6.45) is 3.42. The molecule has 2 N–H and O–H groups in total. The Kier molecular flexibility index (Phi) is 3.47. The highest BCUT2D eigenvalue weighted by molar-refractivity contribution is 5.32. The fourth-order valence-electron chi connectivity index (χ4n) is 2.95. The van der Waals surface area contributed by atoms with Crippen LogP contribution in [0.1, 0.15) is 18.7 Å². The second-order valence-corrected chi connectivity index (χ2v) is 5.19. The first kappa shape index (κ1) is 11.9. The Morgan fingerprint density at radius 2 is 2.39 bits per heavy atom. The van der Waals surface area contributed by atoms with Gasteiger partial charge in [-0.2, -0.15) is 4.98 Å². The summed E-state index contributed by atoms with van der Waals surface area (Å²) in [5, 5.41) is 10.9. The Morgan fingerprint density at radius 1 is 1.44 bits per heavy atom. The lowest BCUT2D eigenvalue weighted by Gasteiger charge is -2.24. The summed E-state index contributed by atoms with van der Waals surface area (Å²) in [6.45, 7) is 3.95. The number of fused-ring (bicyclic) bond motifs is 1. The Hall–Kier alpha value is -1.14. The van der Waals surface area contributed by atoms with E-state index >= 15 is 0 Å². The number of nitrogens with one attached hydrogen (secondary N) is 2. The van der Waals surface area contributed by atoms with E-state index in [1.54, 1.807) is 7.11 Å². The highest BCUT2D eigenvalue weighted by Gasteiger charge is 2.35. The standard InChI is InChI=1S/C12H21N5O/c1-18-6-4-11-14-12(16-15-11)17-7-9-3-2-5-13-10(9)8-17/h9-10,13H,2-8H2,1H3,(H,14,15,16). The topological polar surface area (TPSA) is 66.1 Å². The predicted octanol–water partition coefficient (Wildman–Crippen LogP) is 0.182. The van der Waals surface area contributed by atoms with Crippen molar-refractivity contribution in [3.8, 4) is 0 Å². The van der Waals surface area contributed by atoms with Gasteiger partial charge in [0.2, 0.25) is 5.95 Å². The highest BCUT2D eigenvalue weighted by Crippen LogP contribution is 2.27. The number of hydrogen-bond acceptors (Lipinski definition) is 5. The molecule has 6 nitrogen and oxygen atoms in total. The molecule has 100 valence electrons. The summed E-state index contributed by atoms with van der Waals surface area (Å²) in [7, 11) is 1.70. The van der Waals surface area contributed by atoms with Crippen molar-refractivity contribution in [1.82, 2.24) is 20.5 Å². The lowest BCUT2D eigenvalue weighted by molar-refractivity contribution is 0.200. The molecule has 0 radical (unpaired) electrons. The van der Waals surface area contributed by atoms with Crippen molar-refractivity contribution in [3.63, 3.8) is 0 Å². The minimum Gasteiger partial charge on any atom is -0.384 e. The van der Waals surface area contributed by atoms with Crippen LogP contribution >= 0.6 is 0 Å². The number of nitrogens with zero attached hydrogens (tertiary/aromatic N) is 3. The van der Waals surface area contributed by atoms with Crippen LogP contribution in [0.3, 0.4) is 0 Å². The molecule has 0 spiro atoms. The van der Waals surface area contributed by atoms with Crippen molar-refractivity contribution in [2.24, 2.45) is 5.92 Å². The smallest absolute Gasteiger partial charge is 0.244 e. The van der Waals surface area contributed by atoms with Gasteiger partial charge in [0.05, 0.1) is 6.61 Å². The molecular weight excluding hydrogens is 230 g/mol. The van der Waals surface area contributed by atoms with Gasteiger partial charge in [-0.05, 0) is 25.3 Å². The summed E-state index contributed by atoms with van der Waals surface area (Å²) in [6, 6.07) is 0.625. The number of ether oxygens (including phenoxy) is 1. The van der Waals surface area contributed by atoms with Crippen molar-refractivity contribution in [3.05, 3.63) is 5.82 Å². The average Bonchev–Trinajstić information content (AvgIpc) is 3.02. The zero-order valence-electron chi connectivity index (χ0n) is 10.9. The number of anilines is 1. The second-order valence-electron chi connectivity index (χ2n) is 5.19. The highest BCUT2D eigenvalue weighted by atomic mass is 16.5. The predicted molar refractivity (Wildman–Crippen MR) is 68.7 cm³/mol. The second kappa shape index (κ2) is 5.24. The number of hydrogen-bond donors (Lipinski definition) is 2. The van der Waals surface area contributed by atoms with Crippen LogP contribution in [0.25, 0.3) is 0 Å². The average molecular weight is 251 g/mol. The first-order valence-corrected chi connectivity index (χ1v) is 6.75. The zero-order valence-corrected chi connectivity index (χ0v) is 10.9. The number of aromatic nitrogens is 3. The number of aromatic amines is 1. The first-order chi connectivity index (χ1) is 8.86. The summed E-state index contributed by atoms with van der Waals surface area (Å²) in [4.78, 5) is 6.83. The monoisotopic (exact) mass is 251 g/mol. The van der Waals surface area contributed by atoms with Crippen LogP contribution in [-0.4, -0.2) is 54.6 Å². The number of H-pyrrole nitrogens is 1. The third-order valence-corrected chi connectivity index (χ3v) is 3.94. The molecule has 1 aromatic heterocycles. The molecule has 2 saturated heterocycles.